The van der Waals surface area contributed by atoms with E-state index in [1.807, 2.05) is 0 Å². The largest absolute Gasteiger partial charge is 0.375 e. The molecule has 0 aliphatic heterocycles. The number of Topliss-reactive ketones (excluding diaryl/α,β-unsaturated/α-hetero) is 1. The van der Waals surface area contributed by atoms with Crippen LogP contribution in [0.4, 0.5) is 8.78 Å². The van der Waals surface area contributed by atoms with Crippen LogP contribution in [0.5, 0.6) is 0 Å². The first-order valence-electron chi connectivity index (χ1n) is 4.95. The van der Waals surface area contributed by atoms with Gasteiger partial charge in [0.15, 0.2) is 0 Å². The summed E-state index contributed by atoms with van der Waals surface area (Å²) in [6, 6.07) is 3.50. The zero-order valence-corrected chi connectivity index (χ0v) is 8.73. The van der Waals surface area contributed by atoms with Crippen LogP contribution in [0.2, 0.25) is 0 Å². The third-order valence-electron chi connectivity index (χ3n) is 1.92. The van der Waals surface area contributed by atoms with Gasteiger partial charge < -0.3 is 4.74 Å². The molecule has 0 radical (unpaired) electrons. The predicted molar refractivity (Wildman–Crippen MR) is 54.4 cm³/mol. The molecule has 5 heteroatoms. The van der Waals surface area contributed by atoms with Crippen molar-refractivity contribution < 1.29 is 18.3 Å². The fraction of sp³-hybridized carbons (Fsp3) is 0.455. The second kappa shape index (κ2) is 7.00. The topological polar surface area (TPSA) is 39.2 Å². The summed E-state index contributed by atoms with van der Waals surface area (Å²) < 4.78 is 28.0. The van der Waals surface area contributed by atoms with Gasteiger partial charge in [0.1, 0.15) is 12.4 Å². The van der Waals surface area contributed by atoms with Crippen LogP contribution < -0.4 is 0 Å². The van der Waals surface area contributed by atoms with Crippen LogP contribution >= 0.6 is 0 Å². The minimum atomic E-state index is -2.48. The van der Waals surface area contributed by atoms with Crippen molar-refractivity contribution in [2.24, 2.45) is 0 Å². The van der Waals surface area contributed by atoms with Crippen molar-refractivity contribution in [1.29, 1.82) is 0 Å². The van der Waals surface area contributed by atoms with E-state index >= 15 is 0 Å². The lowest BCUT2D eigenvalue weighted by molar-refractivity contribution is -0.119. The number of hydrogen-bond acceptors (Lipinski definition) is 3. The summed E-state index contributed by atoms with van der Waals surface area (Å²) in [5.41, 5.74) is 0.869. The molecule has 1 aromatic heterocycles. The van der Waals surface area contributed by atoms with E-state index in [1.165, 1.54) is 0 Å². The number of nitrogens with zero attached hydrogens (tertiary/aromatic N) is 1. The van der Waals surface area contributed by atoms with E-state index < -0.39 is 13.0 Å². The zero-order chi connectivity index (χ0) is 11.8. The molecule has 88 valence electrons. The average molecular weight is 229 g/mol. The van der Waals surface area contributed by atoms with E-state index in [-0.39, 0.29) is 18.8 Å². The summed E-state index contributed by atoms with van der Waals surface area (Å²) >= 11 is 0. The van der Waals surface area contributed by atoms with Crippen molar-refractivity contribution in [3.63, 3.8) is 0 Å². The Morgan fingerprint density at radius 1 is 1.38 bits per heavy atom. The number of ketones is 1. The van der Waals surface area contributed by atoms with Crippen LogP contribution in [0.1, 0.15) is 12.0 Å². The average Bonchev–Trinajstić information content (AvgIpc) is 2.25. The number of carbonyl (C=O) groups is 1. The summed E-state index contributed by atoms with van der Waals surface area (Å²) in [4.78, 5) is 15.2. The van der Waals surface area contributed by atoms with E-state index in [1.54, 1.807) is 24.5 Å². The Morgan fingerprint density at radius 3 is 2.69 bits per heavy atom. The first kappa shape index (κ1) is 12.7. The molecule has 0 aromatic carbocycles. The van der Waals surface area contributed by atoms with Crippen LogP contribution in [0.15, 0.2) is 24.5 Å². The lowest BCUT2D eigenvalue weighted by Crippen LogP contribution is -2.10. The first-order chi connectivity index (χ1) is 7.68. The van der Waals surface area contributed by atoms with Crippen LogP contribution in [0.3, 0.4) is 0 Å². The summed E-state index contributed by atoms with van der Waals surface area (Å²) in [7, 11) is 0. The Morgan fingerprint density at radius 2 is 2.06 bits per heavy atom. The molecular weight excluding hydrogens is 216 g/mol. The van der Waals surface area contributed by atoms with Gasteiger partial charge in [-0.25, -0.2) is 8.78 Å². The van der Waals surface area contributed by atoms with Crippen molar-refractivity contribution >= 4 is 5.78 Å². The van der Waals surface area contributed by atoms with E-state index in [4.69, 9.17) is 0 Å². The number of carbonyl (C=O) groups excluding carboxylic acids is 1. The van der Waals surface area contributed by atoms with E-state index in [0.29, 0.717) is 6.42 Å². The van der Waals surface area contributed by atoms with Crippen LogP contribution in [0, 0.1) is 0 Å². The van der Waals surface area contributed by atoms with Gasteiger partial charge in [-0.05, 0) is 17.7 Å². The van der Waals surface area contributed by atoms with E-state index in [0.717, 1.165) is 5.56 Å². The Bertz CT molecular complexity index is 317. The summed E-state index contributed by atoms with van der Waals surface area (Å²) in [6.07, 6.45) is 1.19. The number of pyridine rings is 1. The van der Waals surface area contributed by atoms with Gasteiger partial charge in [0.2, 0.25) is 0 Å². The number of ether oxygens (including phenoxy) is 1. The Kier molecular flexibility index (Phi) is 5.56. The maximum atomic E-state index is 11.7. The zero-order valence-electron chi connectivity index (χ0n) is 8.73. The summed E-state index contributed by atoms with van der Waals surface area (Å²) in [5, 5.41) is 0. The second-order valence-corrected chi connectivity index (χ2v) is 3.29. The normalized spacial score (nSPS) is 10.7. The molecule has 0 N–H and O–H groups in total. The minimum absolute atomic E-state index is 0.0273. The van der Waals surface area contributed by atoms with Gasteiger partial charge in [-0.15, -0.1) is 0 Å². The third kappa shape index (κ3) is 5.50. The second-order valence-electron chi connectivity index (χ2n) is 3.29. The number of aromatic nitrogens is 1. The van der Waals surface area contributed by atoms with Gasteiger partial charge in [-0.2, -0.15) is 0 Å². The summed E-state index contributed by atoms with van der Waals surface area (Å²) in [6.45, 7) is -0.559. The highest BCUT2D eigenvalue weighted by molar-refractivity contribution is 5.80. The Hall–Kier alpha value is -1.36. The van der Waals surface area contributed by atoms with Crippen LogP contribution in [0.25, 0.3) is 0 Å². The SMILES string of the molecule is O=C(CCOCC(F)F)Cc1ccncc1. The third-order valence-corrected chi connectivity index (χ3v) is 1.92. The lowest BCUT2D eigenvalue weighted by atomic mass is 10.1. The van der Waals surface area contributed by atoms with E-state index in [9.17, 15) is 13.6 Å². The number of alkyl halides is 2. The molecule has 0 unspecified atom stereocenters. The minimum Gasteiger partial charge on any atom is -0.375 e. The number of rotatable bonds is 7. The smallest absolute Gasteiger partial charge is 0.261 e. The molecular formula is C11H13F2NO2. The molecule has 16 heavy (non-hydrogen) atoms. The predicted octanol–water partition coefficient (Wildman–Crippen LogP) is 1.86. The fourth-order valence-electron chi connectivity index (χ4n) is 1.18. The van der Waals surface area contributed by atoms with Gasteiger partial charge in [0.05, 0.1) is 6.61 Å². The Labute approximate surface area is 92.4 Å². The number of halogens is 2. The van der Waals surface area contributed by atoms with Crippen molar-refractivity contribution in [2.75, 3.05) is 13.2 Å². The maximum absolute atomic E-state index is 11.7. The standard InChI is InChI=1S/C11H13F2NO2/c12-11(13)8-16-6-3-10(15)7-9-1-4-14-5-2-9/h1-2,4-5,11H,3,6-8H2. The molecule has 1 heterocycles. The quantitative estimate of drug-likeness (QED) is 0.670. The van der Waals surface area contributed by atoms with Crippen molar-refractivity contribution in [3.8, 4) is 0 Å². The van der Waals surface area contributed by atoms with Gasteiger partial charge in [-0.3, -0.25) is 9.78 Å². The van der Waals surface area contributed by atoms with Crippen molar-refractivity contribution in [2.45, 2.75) is 19.3 Å². The number of hydrogen-bond donors (Lipinski definition) is 0. The molecule has 0 atom stereocenters. The lowest BCUT2D eigenvalue weighted by Gasteiger charge is -2.03. The highest BCUT2D eigenvalue weighted by Gasteiger charge is 2.05. The molecule has 3 nitrogen and oxygen atoms in total. The van der Waals surface area contributed by atoms with Gasteiger partial charge in [0, 0.05) is 25.2 Å². The van der Waals surface area contributed by atoms with Gasteiger partial charge in [0.25, 0.3) is 6.43 Å². The highest BCUT2D eigenvalue weighted by atomic mass is 19.3. The molecule has 0 fully saturated rings. The molecule has 0 aliphatic rings. The van der Waals surface area contributed by atoms with Crippen molar-refractivity contribution in [1.82, 2.24) is 4.98 Å². The Balaban J connectivity index is 2.17. The molecule has 0 bridgehead atoms. The maximum Gasteiger partial charge on any atom is 0.261 e. The molecule has 0 amide bonds. The van der Waals surface area contributed by atoms with Gasteiger partial charge in [-0.1, -0.05) is 0 Å². The highest BCUT2D eigenvalue weighted by Crippen LogP contribution is 2.01. The monoisotopic (exact) mass is 229 g/mol. The fourth-order valence-corrected chi connectivity index (χ4v) is 1.18. The molecule has 0 saturated carbocycles. The molecule has 0 aliphatic carbocycles. The van der Waals surface area contributed by atoms with Crippen LogP contribution in [-0.2, 0) is 16.0 Å². The molecule has 1 rings (SSSR count). The first-order valence-corrected chi connectivity index (χ1v) is 4.95. The van der Waals surface area contributed by atoms with Crippen LogP contribution in [-0.4, -0.2) is 30.4 Å². The van der Waals surface area contributed by atoms with Gasteiger partial charge >= 0.3 is 0 Å². The summed E-state index contributed by atoms with van der Waals surface area (Å²) in [5.74, 6) is -0.0273. The molecule has 0 spiro atoms. The van der Waals surface area contributed by atoms with E-state index in [2.05, 4.69) is 9.72 Å². The molecule has 0 saturated heterocycles. The molecule has 1 aromatic rings. The van der Waals surface area contributed by atoms with Crippen molar-refractivity contribution in [3.05, 3.63) is 30.1 Å².